The van der Waals surface area contributed by atoms with Crippen molar-refractivity contribution in [2.24, 2.45) is 0 Å². The number of aryl methyl sites for hydroxylation is 1. The number of nitrogens with zero attached hydrogens (tertiary/aromatic N) is 5. The number of halogens is 2. The van der Waals surface area contributed by atoms with Crippen molar-refractivity contribution in [2.45, 2.75) is 45.1 Å². The number of aromatic nitrogens is 5. The van der Waals surface area contributed by atoms with E-state index >= 15 is 0 Å². The van der Waals surface area contributed by atoms with E-state index in [1.165, 1.54) is 0 Å². The molecule has 2 aliphatic rings. The normalized spacial score (nSPS) is 18.2. The summed E-state index contributed by atoms with van der Waals surface area (Å²) in [5.41, 5.74) is 5.30. The standard InChI is InChI=1S/C25H24F2N6O/c1-14(17-4-3-5-21-18(17)6-9-25(21,26)27)29-22-20-12-19(16-7-10-34-11-8-16)24-32-28-13-33(24)23(20)31-15(2)30-22/h3-5,7,12-14H,6,8-11H2,1-2H3,(H,29,30,31)/t14-/m1/s1. The van der Waals surface area contributed by atoms with Gasteiger partial charge >= 0.3 is 0 Å². The molecule has 3 aromatic heterocycles. The van der Waals surface area contributed by atoms with Gasteiger partial charge in [0.25, 0.3) is 5.92 Å². The Hall–Kier alpha value is -3.46. The summed E-state index contributed by atoms with van der Waals surface area (Å²) in [5.74, 6) is -1.52. The van der Waals surface area contributed by atoms with Gasteiger partial charge in [0.05, 0.1) is 24.6 Å². The van der Waals surface area contributed by atoms with Gasteiger partial charge in [-0.15, -0.1) is 10.2 Å². The summed E-state index contributed by atoms with van der Waals surface area (Å²) in [6.07, 6.45) is 4.74. The molecule has 0 amide bonds. The van der Waals surface area contributed by atoms with Gasteiger partial charge in [-0.1, -0.05) is 24.3 Å². The summed E-state index contributed by atoms with van der Waals surface area (Å²) in [6.45, 7) is 5.03. The number of fused-ring (bicyclic) bond motifs is 4. The molecule has 0 fully saturated rings. The lowest BCUT2D eigenvalue weighted by atomic mass is 9.97. The first kappa shape index (κ1) is 21.1. The minimum atomic E-state index is -2.77. The monoisotopic (exact) mass is 462 g/mol. The molecule has 0 spiro atoms. The number of hydrogen-bond donors (Lipinski definition) is 1. The molecule has 174 valence electrons. The number of ether oxygens (including phenoxy) is 1. The van der Waals surface area contributed by atoms with Crippen LogP contribution in [0.3, 0.4) is 0 Å². The molecular formula is C25H24F2N6O. The summed E-state index contributed by atoms with van der Waals surface area (Å²) in [7, 11) is 0. The van der Waals surface area contributed by atoms with Crippen LogP contribution in [-0.2, 0) is 17.1 Å². The molecule has 34 heavy (non-hydrogen) atoms. The molecule has 7 nitrogen and oxygen atoms in total. The number of hydrogen-bond acceptors (Lipinski definition) is 6. The summed E-state index contributed by atoms with van der Waals surface area (Å²) >= 11 is 0. The highest BCUT2D eigenvalue weighted by molar-refractivity contribution is 5.94. The maximum Gasteiger partial charge on any atom is 0.273 e. The van der Waals surface area contributed by atoms with Crippen LogP contribution in [0.5, 0.6) is 0 Å². The molecule has 0 radical (unpaired) electrons. The number of anilines is 1. The molecular weight excluding hydrogens is 438 g/mol. The van der Waals surface area contributed by atoms with Gasteiger partial charge in [-0.2, -0.15) is 0 Å². The molecule has 1 atom stereocenters. The molecule has 9 heteroatoms. The Morgan fingerprint density at radius 2 is 2.06 bits per heavy atom. The third kappa shape index (κ3) is 3.34. The van der Waals surface area contributed by atoms with E-state index in [0.29, 0.717) is 36.9 Å². The first-order valence-electron chi connectivity index (χ1n) is 11.5. The molecule has 1 aliphatic carbocycles. The largest absolute Gasteiger partial charge is 0.377 e. The predicted octanol–water partition coefficient (Wildman–Crippen LogP) is 5.00. The summed E-state index contributed by atoms with van der Waals surface area (Å²) in [5, 5.41) is 12.8. The van der Waals surface area contributed by atoms with Crippen molar-refractivity contribution < 1.29 is 13.5 Å². The fraction of sp³-hybridized carbons (Fsp3) is 0.360. The van der Waals surface area contributed by atoms with E-state index in [0.717, 1.165) is 39.7 Å². The summed E-state index contributed by atoms with van der Waals surface area (Å²) < 4.78 is 36.0. The van der Waals surface area contributed by atoms with Gasteiger partial charge in [0.1, 0.15) is 18.0 Å². The van der Waals surface area contributed by atoms with Gasteiger partial charge in [-0.3, -0.25) is 4.40 Å². The highest BCUT2D eigenvalue weighted by Gasteiger charge is 2.40. The molecule has 0 saturated carbocycles. The summed E-state index contributed by atoms with van der Waals surface area (Å²) in [4.78, 5) is 9.37. The average molecular weight is 463 g/mol. The fourth-order valence-corrected chi connectivity index (χ4v) is 5.12. The van der Waals surface area contributed by atoms with Gasteiger partial charge in [0, 0.05) is 17.5 Å². The first-order valence-corrected chi connectivity index (χ1v) is 11.5. The molecule has 6 rings (SSSR count). The molecule has 1 aliphatic heterocycles. The third-order valence-corrected chi connectivity index (χ3v) is 6.77. The van der Waals surface area contributed by atoms with Crippen LogP contribution in [0.2, 0.25) is 0 Å². The van der Waals surface area contributed by atoms with E-state index in [-0.39, 0.29) is 18.0 Å². The smallest absolute Gasteiger partial charge is 0.273 e. The van der Waals surface area contributed by atoms with Crippen LogP contribution < -0.4 is 5.32 Å². The number of alkyl halides is 2. The van der Waals surface area contributed by atoms with Crippen LogP contribution in [-0.4, -0.2) is 37.8 Å². The molecule has 0 saturated heterocycles. The van der Waals surface area contributed by atoms with Crippen LogP contribution in [0.1, 0.15) is 53.9 Å². The van der Waals surface area contributed by atoms with E-state index in [1.807, 2.05) is 24.3 Å². The van der Waals surface area contributed by atoms with Crippen molar-refractivity contribution in [3.63, 3.8) is 0 Å². The third-order valence-electron chi connectivity index (χ3n) is 6.77. The lowest BCUT2D eigenvalue weighted by Crippen LogP contribution is -2.13. The Balaban J connectivity index is 1.48. The van der Waals surface area contributed by atoms with Gasteiger partial charge in [0.2, 0.25) is 0 Å². The summed E-state index contributed by atoms with van der Waals surface area (Å²) in [6, 6.07) is 7.01. The topological polar surface area (TPSA) is 77.2 Å². The average Bonchev–Trinajstić information content (AvgIpc) is 3.44. The van der Waals surface area contributed by atoms with E-state index in [4.69, 9.17) is 9.72 Å². The minimum absolute atomic E-state index is 0.141. The van der Waals surface area contributed by atoms with Crippen LogP contribution in [0, 0.1) is 6.92 Å². The SMILES string of the molecule is Cc1nc(N[C@H](C)c2cccc3c2CCC3(F)F)c2cc(C3=CCOCC3)c3nncn3c2n1. The van der Waals surface area contributed by atoms with E-state index in [1.54, 1.807) is 18.5 Å². The van der Waals surface area contributed by atoms with Gasteiger partial charge in [-0.05, 0) is 49.5 Å². The Morgan fingerprint density at radius 3 is 2.88 bits per heavy atom. The second-order valence-corrected chi connectivity index (χ2v) is 8.94. The number of rotatable bonds is 4. The predicted molar refractivity (Wildman–Crippen MR) is 125 cm³/mol. The second-order valence-electron chi connectivity index (χ2n) is 8.94. The zero-order valence-corrected chi connectivity index (χ0v) is 19.0. The van der Waals surface area contributed by atoms with Crippen molar-refractivity contribution in [3.05, 3.63) is 64.7 Å². The van der Waals surface area contributed by atoms with E-state index < -0.39 is 5.92 Å². The molecule has 1 N–H and O–H groups in total. The molecule has 4 aromatic rings. The second kappa shape index (κ2) is 7.80. The Bertz CT molecular complexity index is 1460. The maximum atomic E-state index is 14.3. The molecule has 0 unspecified atom stereocenters. The van der Waals surface area contributed by atoms with Crippen molar-refractivity contribution in [3.8, 4) is 0 Å². The van der Waals surface area contributed by atoms with Crippen molar-refractivity contribution >= 4 is 28.1 Å². The zero-order chi connectivity index (χ0) is 23.4. The molecule has 4 heterocycles. The van der Waals surface area contributed by atoms with Crippen LogP contribution in [0.25, 0.3) is 22.3 Å². The maximum absolute atomic E-state index is 14.3. The van der Waals surface area contributed by atoms with E-state index in [9.17, 15) is 8.78 Å². The zero-order valence-electron chi connectivity index (χ0n) is 19.0. The van der Waals surface area contributed by atoms with E-state index in [2.05, 4.69) is 32.6 Å². The number of pyridine rings is 1. The lowest BCUT2D eigenvalue weighted by molar-refractivity contribution is -0.00184. The minimum Gasteiger partial charge on any atom is -0.377 e. The highest BCUT2D eigenvalue weighted by Crippen LogP contribution is 2.44. The molecule has 0 bridgehead atoms. The lowest BCUT2D eigenvalue weighted by Gasteiger charge is -2.21. The highest BCUT2D eigenvalue weighted by atomic mass is 19.3. The van der Waals surface area contributed by atoms with Crippen LogP contribution in [0.4, 0.5) is 14.6 Å². The Kier molecular flexibility index (Phi) is 4.84. The van der Waals surface area contributed by atoms with Crippen molar-refractivity contribution in [2.75, 3.05) is 18.5 Å². The fourth-order valence-electron chi connectivity index (χ4n) is 5.12. The van der Waals surface area contributed by atoms with Crippen molar-refractivity contribution in [1.29, 1.82) is 0 Å². The quantitative estimate of drug-likeness (QED) is 0.460. The van der Waals surface area contributed by atoms with Gasteiger partial charge in [-0.25, -0.2) is 18.7 Å². The van der Waals surface area contributed by atoms with Crippen LogP contribution in [0.15, 0.2) is 36.7 Å². The Morgan fingerprint density at radius 1 is 1.18 bits per heavy atom. The number of benzene rings is 1. The van der Waals surface area contributed by atoms with Crippen LogP contribution >= 0.6 is 0 Å². The molecule has 1 aromatic carbocycles. The van der Waals surface area contributed by atoms with Gasteiger partial charge < -0.3 is 10.1 Å². The first-order chi connectivity index (χ1) is 16.4. The number of nitrogens with one attached hydrogen (secondary N) is 1. The Labute approximate surface area is 194 Å². The van der Waals surface area contributed by atoms with Gasteiger partial charge in [0.15, 0.2) is 11.3 Å². The van der Waals surface area contributed by atoms with Crippen molar-refractivity contribution in [1.82, 2.24) is 24.6 Å².